The molecule has 0 radical (unpaired) electrons. The van der Waals surface area contributed by atoms with Crippen LogP contribution in [0.5, 0.6) is 17.2 Å². The minimum absolute atomic E-state index is 0.119. The molecule has 1 saturated heterocycles. The summed E-state index contributed by atoms with van der Waals surface area (Å²) in [4.78, 5) is 13.1. The second-order valence-electron chi connectivity index (χ2n) is 8.61. The maximum Gasteiger partial charge on any atom is 0.246 e. The van der Waals surface area contributed by atoms with Crippen LogP contribution in [-0.2, 0) is 14.8 Å². The number of anilines is 1. The van der Waals surface area contributed by atoms with Gasteiger partial charge in [0.2, 0.25) is 15.9 Å². The van der Waals surface area contributed by atoms with Crippen LogP contribution < -0.4 is 19.5 Å². The van der Waals surface area contributed by atoms with Crippen molar-refractivity contribution in [2.45, 2.75) is 37.5 Å². The van der Waals surface area contributed by atoms with Gasteiger partial charge in [0, 0.05) is 24.8 Å². The Labute approximate surface area is 194 Å². The molecule has 1 fully saturated rings. The van der Waals surface area contributed by atoms with Crippen LogP contribution in [0, 0.1) is 5.92 Å². The second kappa shape index (κ2) is 9.61. The summed E-state index contributed by atoms with van der Waals surface area (Å²) < 4.78 is 44.9. The highest BCUT2D eigenvalue weighted by Gasteiger charge is 2.35. The number of fused-ring (bicyclic) bond motifs is 1. The zero-order chi connectivity index (χ0) is 23.6. The smallest absolute Gasteiger partial charge is 0.246 e. The van der Waals surface area contributed by atoms with E-state index in [-0.39, 0.29) is 23.3 Å². The number of benzene rings is 2. The van der Waals surface area contributed by atoms with Gasteiger partial charge in [0.1, 0.15) is 23.9 Å². The molecule has 2 aliphatic heterocycles. The van der Waals surface area contributed by atoms with Crippen LogP contribution in [0.25, 0.3) is 0 Å². The highest BCUT2D eigenvalue weighted by atomic mass is 32.2. The summed E-state index contributed by atoms with van der Waals surface area (Å²) in [7, 11) is -2.36. The van der Waals surface area contributed by atoms with Crippen LogP contribution in [0.2, 0.25) is 0 Å². The van der Waals surface area contributed by atoms with Gasteiger partial charge in [-0.2, -0.15) is 4.31 Å². The summed E-state index contributed by atoms with van der Waals surface area (Å²) in [6.07, 6.45) is 1.22. The summed E-state index contributed by atoms with van der Waals surface area (Å²) in [5, 5.41) is 2.90. The zero-order valence-corrected chi connectivity index (χ0v) is 20.0. The predicted octanol–water partition coefficient (Wildman–Crippen LogP) is 3.63. The molecular formula is C24H30N2O6S. The van der Waals surface area contributed by atoms with E-state index in [0.29, 0.717) is 55.5 Å². The molecule has 0 saturated carbocycles. The topological polar surface area (TPSA) is 94.2 Å². The van der Waals surface area contributed by atoms with Gasteiger partial charge in [-0.3, -0.25) is 4.79 Å². The van der Waals surface area contributed by atoms with Gasteiger partial charge in [0.25, 0.3) is 0 Å². The van der Waals surface area contributed by atoms with E-state index < -0.39 is 15.9 Å². The van der Waals surface area contributed by atoms with E-state index in [9.17, 15) is 13.2 Å². The zero-order valence-electron chi connectivity index (χ0n) is 19.2. The van der Waals surface area contributed by atoms with Crippen molar-refractivity contribution in [3.05, 3.63) is 42.0 Å². The van der Waals surface area contributed by atoms with Crippen molar-refractivity contribution in [2.75, 3.05) is 38.7 Å². The minimum atomic E-state index is -3.82. The Morgan fingerprint density at radius 2 is 1.88 bits per heavy atom. The minimum Gasteiger partial charge on any atom is -0.495 e. The summed E-state index contributed by atoms with van der Waals surface area (Å²) in [6, 6.07) is 10.5. The van der Waals surface area contributed by atoms with Crippen LogP contribution in [0.3, 0.4) is 0 Å². The molecule has 2 aromatic carbocycles. The molecule has 0 spiro atoms. The van der Waals surface area contributed by atoms with Crippen molar-refractivity contribution in [3.63, 3.8) is 0 Å². The van der Waals surface area contributed by atoms with Gasteiger partial charge in [-0.15, -0.1) is 0 Å². The van der Waals surface area contributed by atoms with Gasteiger partial charge >= 0.3 is 0 Å². The molecule has 2 aromatic rings. The van der Waals surface area contributed by atoms with E-state index in [0.717, 1.165) is 5.56 Å². The first-order chi connectivity index (χ1) is 15.8. The second-order valence-corrected chi connectivity index (χ2v) is 10.5. The standard InChI is InChI=1S/C24H30N2O6S/c1-16(2)17-6-8-21(30-3)23(13-17)33(28,29)26-10-4-5-18(15-26)24(27)25-19-7-9-20-22(14-19)32-12-11-31-20/h6-9,13-14,16,18H,4-5,10-12,15H2,1-3H3,(H,25,27)/t18-/m0/s1. The number of hydrogen-bond acceptors (Lipinski definition) is 6. The van der Waals surface area contributed by atoms with Gasteiger partial charge in [-0.05, 0) is 48.6 Å². The maximum absolute atomic E-state index is 13.5. The van der Waals surface area contributed by atoms with Crippen LogP contribution >= 0.6 is 0 Å². The SMILES string of the molecule is COc1ccc(C(C)C)cc1S(=O)(=O)N1CCC[C@H](C(=O)Nc2ccc3c(c2)OCCO3)C1. The largest absolute Gasteiger partial charge is 0.495 e. The van der Waals surface area contributed by atoms with E-state index in [1.807, 2.05) is 19.9 Å². The molecule has 1 atom stereocenters. The molecule has 9 heteroatoms. The van der Waals surface area contributed by atoms with E-state index in [2.05, 4.69) is 5.32 Å². The molecule has 0 bridgehead atoms. The molecule has 8 nitrogen and oxygen atoms in total. The van der Waals surface area contributed by atoms with Crippen molar-refractivity contribution < 1.29 is 27.4 Å². The first kappa shape index (κ1) is 23.4. The Hall–Kier alpha value is -2.78. The Bertz CT molecular complexity index is 1130. The van der Waals surface area contributed by atoms with Gasteiger partial charge in [0.15, 0.2) is 11.5 Å². The predicted molar refractivity (Wildman–Crippen MR) is 125 cm³/mol. The summed E-state index contributed by atoms with van der Waals surface area (Å²) in [5.41, 5.74) is 1.51. The fourth-order valence-corrected chi connectivity index (χ4v) is 5.85. The van der Waals surface area contributed by atoms with Crippen LogP contribution in [0.1, 0.15) is 38.2 Å². The first-order valence-corrected chi connectivity index (χ1v) is 12.6. The molecule has 2 aliphatic rings. The number of carbonyl (C=O) groups excluding carboxylic acids is 1. The average molecular weight is 475 g/mol. The summed E-state index contributed by atoms with van der Waals surface area (Å²) in [5.74, 6) is 1.05. The van der Waals surface area contributed by atoms with Gasteiger partial charge < -0.3 is 19.5 Å². The number of nitrogens with one attached hydrogen (secondary N) is 1. The normalized spacial score (nSPS) is 18.7. The fourth-order valence-electron chi connectivity index (χ4n) is 4.13. The third-order valence-electron chi connectivity index (χ3n) is 6.04. The van der Waals surface area contributed by atoms with E-state index >= 15 is 0 Å². The third-order valence-corrected chi connectivity index (χ3v) is 7.92. The van der Waals surface area contributed by atoms with Crippen LogP contribution in [-0.4, -0.2) is 52.0 Å². The van der Waals surface area contributed by atoms with Crippen molar-refractivity contribution in [1.29, 1.82) is 0 Å². The van der Waals surface area contributed by atoms with Gasteiger partial charge in [0.05, 0.1) is 13.0 Å². The molecule has 4 rings (SSSR count). The molecule has 0 unspecified atom stereocenters. The monoisotopic (exact) mass is 474 g/mol. The Morgan fingerprint density at radius 1 is 1.12 bits per heavy atom. The number of sulfonamides is 1. The number of hydrogen-bond donors (Lipinski definition) is 1. The molecule has 178 valence electrons. The lowest BCUT2D eigenvalue weighted by molar-refractivity contribution is -0.120. The number of methoxy groups -OCH3 is 1. The number of piperidine rings is 1. The van der Waals surface area contributed by atoms with Crippen molar-refractivity contribution >= 4 is 21.6 Å². The number of rotatable bonds is 6. The molecule has 0 aromatic heterocycles. The fraction of sp³-hybridized carbons (Fsp3) is 0.458. The van der Waals surface area contributed by atoms with Crippen molar-refractivity contribution in [1.82, 2.24) is 4.31 Å². The molecule has 1 amide bonds. The van der Waals surface area contributed by atoms with Gasteiger partial charge in [-0.25, -0.2) is 8.42 Å². The Balaban J connectivity index is 1.51. The lowest BCUT2D eigenvalue weighted by atomic mass is 9.98. The molecule has 33 heavy (non-hydrogen) atoms. The van der Waals surface area contributed by atoms with E-state index in [1.54, 1.807) is 30.3 Å². The highest BCUT2D eigenvalue weighted by molar-refractivity contribution is 7.89. The molecule has 1 N–H and O–H groups in total. The quantitative estimate of drug-likeness (QED) is 0.687. The highest BCUT2D eigenvalue weighted by Crippen LogP contribution is 2.34. The lowest BCUT2D eigenvalue weighted by Gasteiger charge is -2.31. The molecule has 2 heterocycles. The first-order valence-electron chi connectivity index (χ1n) is 11.2. The molecular weight excluding hydrogens is 444 g/mol. The molecule has 0 aliphatic carbocycles. The van der Waals surface area contributed by atoms with Crippen molar-refractivity contribution in [3.8, 4) is 17.2 Å². The lowest BCUT2D eigenvalue weighted by Crippen LogP contribution is -2.43. The van der Waals surface area contributed by atoms with E-state index in [4.69, 9.17) is 14.2 Å². The third kappa shape index (κ3) is 4.94. The van der Waals surface area contributed by atoms with Crippen LogP contribution in [0.15, 0.2) is 41.3 Å². The van der Waals surface area contributed by atoms with Crippen molar-refractivity contribution in [2.24, 2.45) is 5.92 Å². The summed E-state index contributed by atoms with van der Waals surface area (Å²) in [6.45, 7) is 5.46. The average Bonchev–Trinajstić information content (AvgIpc) is 2.83. The number of carbonyl (C=O) groups is 1. The number of amides is 1. The number of ether oxygens (including phenoxy) is 3. The summed E-state index contributed by atoms with van der Waals surface area (Å²) >= 11 is 0. The Kier molecular flexibility index (Phi) is 6.81. The van der Waals surface area contributed by atoms with E-state index in [1.165, 1.54) is 11.4 Å². The van der Waals surface area contributed by atoms with Crippen LogP contribution in [0.4, 0.5) is 5.69 Å². The van der Waals surface area contributed by atoms with Gasteiger partial charge in [-0.1, -0.05) is 19.9 Å². The maximum atomic E-state index is 13.5. The number of nitrogens with zero attached hydrogens (tertiary/aromatic N) is 1. The Morgan fingerprint density at radius 3 is 2.61 bits per heavy atom.